The van der Waals surface area contributed by atoms with E-state index in [1.54, 1.807) is 31.2 Å². The number of hydrogen-bond donors (Lipinski definition) is 3. The van der Waals surface area contributed by atoms with Crippen LogP contribution in [0.1, 0.15) is 31.9 Å². The van der Waals surface area contributed by atoms with E-state index < -0.39 is 24.0 Å². The molecule has 104 valence electrons. The van der Waals surface area contributed by atoms with Crippen molar-refractivity contribution in [3.8, 4) is 0 Å². The molecule has 0 bridgehead atoms. The van der Waals surface area contributed by atoms with Crippen LogP contribution < -0.4 is 11.1 Å². The van der Waals surface area contributed by atoms with Crippen molar-refractivity contribution in [1.29, 1.82) is 0 Å². The van der Waals surface area contributed by atoms with Gasteiger partial charge in [-0.3, -0.25) is 4.79 Å². The molecule has 0 aliphatic heterocycles. The fraction of sp³-hybridized carbons (Fsp3) is 0.429. The van der Waals surface area contributed by atoms with Crippen LogP contribution >= 0.6 is 0 Å². The fourth-order valence-corrected chi connectivity index (χ4v) is 1.74. The lowest BCUT2D eigenvalue weighted by Gasteiger charge is -2.22. The first-order valence-electron chi connectivity index (χ1n) is 6.31. The second-order valence-electron chi connectivity index (χ2n) is 4.60. The number of rotatable bonds is 6. The molecular formula is C14H20N2O3. The minimum atomic E-state index is -1.04. The summed E-state index contributed by atoms with van der Waals surface area (Å²) in [6.07, 6.45) is 0.665. The van der Waals surface area contributed by atoms with Crippen LogP contribution in [0.2, 0.25) is 0 Å². The van der Waals surface area contributed by atoms with Crippen molar-refractivity contribution >= 4 is 11.9 Å². The average Bonchev–Trinajstić information content (AvgIpc) is 2.43. The molecule has 4 N–H and O–H groups in total. The maximum Gasteiger partial charge on any atom is 0.326 e. The first-order valence-corrected chi connectivity index (χ1v) is 6.31. The van der Waals surface area contributed by atoms with Crippen molar-refractivity contribution in [2.45, 2.75) is 32.4 Å². The van der Waals surface area contributed by atoms with Gasteiger partial charge in [0, 0.05) is 0 Å². The molecule has 0 aliphatic carbocycles. The lowest BCUT2D eigenvalue weighted by atomic mass is 9.98. The van der Waals surface area contributed by atoms with Crippen LogP contribution in [0.15, 0.2) is 30.3 Å². The lowest BCUT2D eigenvalue weighted by Crippen LogP contribution is -2.48. The molecule has 0 saturated heterocycles. The number of benzene rings is 1. The highest BCUT2D eigenvalue weighted by Crippen LogP contribution is 2.12. The van der Waals surface area contributed by atoms with E-state index in [0.717, 1.165) is 0 Å². The molecule has 1 amide bonds. The van der Waals surface area contributed by atoms with Crippen molar-refractivity contribution in [2.24, 2.45) is 11.7 Å². The smallest absolute Gasteiger partial charge is 0.326 e. The molecule has 0 radical (unpaired) electrons. The van der Waals surface area contributed by atoms with Gasteiger partial charge < -0.3 is 16.2 Å². The molecule has 0 fully saturated rings. The van der Waals surface area contributed by atoms with Crippen LogP contribution in [0.5, 0.6) is 0 Å². The van der Waals surface area contributed by atoms with Crippen LogP contribution in [-0.2, 0) is 9.59 Å². The summed E-state index contributed by atoms with van der Waals surface area (Å²) in [5, 5.41) is 11.6. The summed E-state index contributed by atoms with van der Waals surface area (Å²) in [5.74, 6) is -1.66. The van der Waals surface area contributed by atoms with E-state index in [2.05, 4.69) is 5.32 Å². The third kappa shape index (κ3) is 4.06. The molecule has 0 heterocycles. The molecule has 19 heavy (non-hydrogen) atoms. The third-order valence-electron chi connectivity index (χ3n) is 3.22. The number of hydrogen-bond acceptors (Lipinski definition) is 3. The quantitative estimate of drug-likeness (QED) is 0.722. The maximum atomic E-state index is 12.0. The van der Waals surface area contributed by atoms with Gasteiger partial charge in [0.05, 0.1) is 0 Å². The van der Waals surface area contributed by atoms with Gasteiger partial charge in [-0.25, -0.2) is 4.79 Å². The van der Waals surface area contributed by atoms with Gasteiger partial charge in [-0.2, -0.15) is 0 Å². The number of nitrogens with two attached hydrogens (primary N) is 1. The average molecular weight is 264 g/mol. The van der Waals surface area contributed by atoms with Crippen LogP contribution in [0, 0.1) is 5.92 Å². The zero-order valence-corrected chi connectivity index (χ0v) is 11.2. The largest absolute Gasteiger partial charge is 0.480 e. The number of nitrogens with one attached hydrogen (secondary N) is 1. The first kappa shape index (κ1) is 15.2. The van der Waals surface area contributed by atoms with E-state index in [1.807, 2.05) is 13.0 Å². The summed E-state index contributed by atoms with van der Waals surface area (Å²) in [6.45, 7) is 3.66. The van der Waals surface area contributed by atoms with Crippen LogP contribution in [0.3, 0.4) is 0 Å². The highest BCUT2D eigenvalue weighted by atomic mass is 16.4. The number of carboxylic acid groups (broad SMARTS) is 1. The van der Waals surface area contributed by atoms with Gasteiger partial charge in [0.2, 0.25) is 5.91 Å². The molecule has 3 atom stereocenters. The molecule has 0 aliphatic rings. The molecule has 0 spiro atoms. The Morgan fingerprint density at radius 2 is 1.89 bits per heavy atom. The van der Waals surface area contributed by atoms with Crippen molar-refractivity contribution in [3.05, 3.63) is 35.9 Å². The topological polar surface area (TPSA) is 92.4 Å². The second kappa shape index (κ2) is 6.89. The Balaban J connectivity index is 2.75. The van der Waals surface area contributed by atoms with Crippen molar-refractivity contribution in [1.82, 2.24) is 5.32 Å². The molecule has 5 nitrogen and oxygen atoms in total. The molecular weight excluding hydrogens is 244 g/mol. The highest BCUT2D eigenvalue weighted by Gasteiger charge is 2.27. The van der Waals surface area contributed by atoms with Gasteiger partial charge in [0.1, 0.15) is 12.1 Å². The highest BCUT2D eigenvalue weighted by molar-refractivity contribution is 5.87. The minimum absolute atomic E-state index is 0.149. The molecule has 1 rings (SSSR count). The molecule has 1 aromatic carbocycles. The van der Waals surface area contributed by atoms with Gasteiger partial charge in [-0.05, 0) is 11.5 Å². The maximum absolute atomic E-state index is 12.0. The normalized spacial score (nSPS) is 15.3. The lowest BCUT2D eigenvalue weighted by molar-refractivity contribution is -0.143. The number of carbonyl (C=O) groups is 2. The predicted molar refractivity (Wildman–Crippen MR) is 72.4 cm³/mol. The zero-order valence-electron chi connectivity index (χ0n) is 11.2. The van der Waals surface area contributed by atoms with Crippen LogP contribution in [0.25, 0.3) is 0 Å². The van der Waals surface area contributed by atoms with Gasteiger partial charge in [-0.1, -0.05) is 50.6 Å². The molecule has 1 aromatic rings. The minimum Gasteiger partial charge on any atom is -0.480 e. The standard InChI is InChI=1S/C14H20N2O3/c1-3-9(2)12(14(18)19)16-13(17)11(15)10-7-5-4-6-8-10/h4-9,11-12H,3,15H2,1-2H3,(H,16,17)(H,18,19)/t9-,11?,12-/m0/s1. The Morgan fingerprint density at radius 1 is 1.32 bits per heavy atom. The number of amides is 1. The van der Waals surface area contributed by atoms with Crippen molar-refractivity contribution in [2.75, 3.05) is 0 Å². The summed E-state index contributed by atoms with van der Waals surface area (Å²) in [5.41, 5.74) is 6.48. The zero-order chi connectivity index (χ0) is 14.4. The van der Waals surface area contributed by atoms with Crippen LogP contribution in [-0.4, -0.2) is 23.0 Å². The van der Waals surface area contributed by atoms with Crippen molar-refractivity contribution in [3.63, 3.8) is 0 Å². The van der Waals surface area contributed by atoms with E-state index >= 15 is 0 Å². The van der Waals surface area contributed by atoms with E-state index in [9.17, 15) is 9.59 Å². The van der Waals surface area contributed by atoms with Gasteiger partial charge >= 0.3 is 5.97 Å². The number of carbonyl (C=O) groups excluding carboxylic acids is 1. The number of carboxylic acids is 1. The second-order valence-corrected chi connectivity index (χ2v) is 4.60. The van der Waals surface area contributed by atoms with E-state index in [4.69, 9.17) is 10.8 Å². The Labute approximate surface area is 112 Å². The summed E-state index contributed by atoms with van der Waals surface area (Å²) >= 11 is 0. The Hall–Kier alpha value is -1.88. The summed E-state index contributed by atoms with van der Waals surface area (Å²) in [7, 11) is 0. The Morgan fingerprint density at radius 3 is 2.37 bits per heavy atom. The predicted octanol–water partition coefficient (Wildman–Crippen LogP) is 1.30. The third-order valence-corrected chi connectivity index (χ3v) is 3.22. The summed E-state index contributed by atoms with van der Waals surface area (Å²) in [4.78, 5) is 23.1. The summed E-state index contributed by atoms with van der Waals surface area (Å²) in [6, 6.07) is 7.11. The fourth-order valence-electron chi connectivity index (χ4n) is 1.74. The van der Waals surface area contributed by atoms with Crippen LogP contribution in [0.4, 0.5) is 0 Å². The van der Waals surface area contributed by atoms with Gasteiger partial charge in [0.25, 0.3) is 0 Å². The van der Waals surface area contributed by atoms with E-state index in [1.165, 1.54) is 0 Å². The molecule has 5 heteroatoms. The molecule has 0 aromatic heterocycles. The van der Waals surface area contributed by atoms with Gasteiger partial charge in [-0.15, -0.1) is 0 Å². The SMILES string of the molecule is CC[C@H](C)[C@H](NC(=O)C(N)c1ccccc1)C(=O)O. The van der Waals surface area contributed by atoms with E-state index in [-0.39, 0.29) is 5.92 Å². The Kier molecular flexibility index (Phi) is 5.51. The summed E-state index contributed by atoms with van der Waals surface area (Å²) < 4.78 is 0. The first-order chi connectivity index (χ1) is 8.97. The molecule has 1 unspecified atom stereocenters. The Bertz CT molecular complexity index is 434. The van der Waals surface area contributed by atoms with Crippen molar-refractivity contribution < 1.29 is 14.7 Å². The molecule has 0 saturated carbocycles. The van der Waals surface area contributed by atoms with E-state index in [0.29, 0.717) is 12.0 Å². The monoisotopic (exact) mass is 264 g/mol. The van der Waals surface area contributed by atoms with Gasteiger partial charge in [0.15, 0.2) is 0 Å². The number of aliphatic carboxylic acids is 1.